The van der Waals surface area contributed by atoms with Gasteiger partial charge >= 0.3 is 0 Å². The van der Waals surface area contributed by atoms with E-state index in [1.54, 1.807) is 0 Å². The first-order chi connectivity index (χ1) is 4.17. The molecule has 1 heterocycles. The molecule has 1 aliphatic heterocycles. The Bertz CT molecular complexity index is 99.1. The summed E-state index contributed by atoms with van der Waals surface area (Å²) in [5.74, 6) is 0.345. The highest BCUT2D eigenvalue weighted by Crippen LogP contribution is 2.30. The van der Waals surface area contributed by atoms with Crippen LogP contribution in [0.4, 0.5) is 0 Å². The molecule has 0 amide bonds. The van der Waals surface area contributed by atoms with E-state index in [1.807, 2.05) is 13.8 Å². The summed E-state index contributed by atoms with van der Waals surface area (Å²) in [6.07, 6.45) is 1.00. The highest BCUT2D eigenvalue weighted by molar-refractivity contribution is 4.83. The molecular formula is C7H14O2. The molecule has 9 heavy (non-hydrogen) atoms. The zero-order chi connectivity index (χ0) is 6.91. The molecule has 0 aromatic rings. The quantitative estimate of drug-likeness (QED) is 0.568. The van der Waals surface area contributed by atoms with Crippen molar-refractivity contribution in [1.29, 1.82) is 0 Å². The Hall–Kier alpha value is -0.0800. The highest BCUT2D eigenvalue weighted by atomic mass is 16.5. The predicted molar refractivity (Wildman–Crippen MR) is 35.2 cm³/mol. The molecule has 1 saturated heterocycles. The van der Waals surface area contributed by atoms with Crippen LogP contribution in [0.5, 0.6) is 0 Å². The zero-order valence-electron chi connectivity index (χ0n) is 6.05. The average Bonchev–Trinajstić information content (AvgIpc) is 2.08. The monoisotopic (exact) mass is 130 g/mol. The lowest BCUT2D eigenvalue weighted by Gasteiger charge is -2.23. The number of aliphatic hydroxyl groups is 1. The van der Waals surface area contributed by atoms with Gasteiger partial charge in [0, 0.05) is 19.1 Å². The summed E-state index contributed by atoms with van der Waals surface area (Å²) in [5.41, 5.74) is -0.0885. The minimum absolute atomic E-state index is 0.0885. The molecule has 0 aliphatic carbocycles. The lowest BCUT2D eigenvalue weighted by atomic mass is 9.92. The van der Waals surface area contributed by atoms with Crippen LogP contribution in [0.25, 0.3) is 0 Å². The number of aliphatic hydroxyl groups excluding tert-OH is 1. The Morgan fingerprint density at radius 1 is 1.67 bits per heavy atom. The van der Waals surface area contributed by atoms with Gasteiger partial charge in [-0.2, -0.15) is 0 Å². The Balaban J connectivity index is 2.52. The van der Waals surface area contributed by atoms with Crippen molar-refractivity contribution in [1.82, 2.24) is 0 Å². The molecule has 1 atom stereocenters. The normalized spacial score (nSPS) is 33.0. The van der Waals surface area contributed by atoms with E-state index in [1.165, 1.54) is 0 Å². The molecule has 0 bridgehead atoms. The fourth-order valence-electron chi connectivity index (χ4n) is 1.24. The van der Waals surface area contributed by atoms with E-state index in [4.69, 9.17) is 9.84 Å². The van der Waals surface area contributed by atoms with Crippen LogP contribution in [0.2, 0.25) is 0 Å². The van der Waals surface area contributed by atoms with Gasteiger partial charge in [-0.15, -0.1) is 0 Å². The van der Waals surface area contributed by atoms with E-state index >= 15 is 0 Å². The first-order valence-electron chi connectivity index (χ1n) is 3.41. The van der Waals surface area contributed by atoms with Crippen molar-refractivity contribution in [3.8, 4) is 0 Å². The Morgan fingerprint density at radius 2 is 2.33 bits per heavy atom. The van der Waals surface area contributed by atoms with Crippen molar-refractivity contribution in [2.24, 2.45) is 5.92 Å². The third-order valence-electron chi connectivity index (χ3n) is 2.14. The first-order valence-corrected chi connectivity index (χ1v) is 3.41. The standard InChI is InChI=1S/C7H14O2/c1-7(2)6(5-8)3-4-9-7/h6,8H,3-5H2,1-2H3/t6-/m1/s1. The first kappa shape index (κ1) is 7.03. The van der Waals surface area contributed by atoms with Gasteiger partial charge in [0.15, 0.2) is 0 Å². The summed E-state index contributed by atoms with van der Waals surface area (Å²) in [6, 6.07) is 0. The highest BCUT2D eigenvalue weighted by Gasteiger charge is 2.34. The molecule has 0 radical (unpaired) electrons. The third-order valence-corrected chi connectivity index (χ3v) is 2.14. The van der Waals surface area contributed by atoms with E-state index < -0.39 is 0 Å². The molecule has 0 unspecified atom stereocenters. The topological polar surface area (TPSA) is 29.5 Å². The maximum Gasteiger partial charge on any atom is 0.0677 e. The zero-order valence-corrected chi connectivity index (χ0v) is 6.05. The van der Waals surface area contributed by atoms with E-state index in [2.05, 4.69) is 0 Å². The van der Waals surface area contributed by atoms with Crippen LogP contribution in [-0.4, -0.2) is 23.9 Å². The van der Waals surface area contributed by atoms with E-state index in [0.717, 1.165) is 13.0 Å². The number of rotatable bonds is 1. The number of hydrogen-bond acceptors (Lipinski definition) is 2. The molecule has 1 rings (SSSR count). The van der Waals surface area contributed by atoms with Crippen LogP contribution in [-0.2, 0) is 4.74 Å². The summed E-state index contributed by atoms with van der Waals surface area (Å²) in [7, 11) is 0. The Labute approximate surface area is 55.8 Å². The van der Waals surface area contributed by atoms with Gasteiger partial charge in [-0.3, -0.25) is 0 Å². The summed E-state index contributed by atoms with van der Waals surface area (Å²) in [6.45, 7) is 5.12. The van der Waals surface area contributed by atoms with Gasteiger partial charge in [-0.05, 0) is 20.3 Å². The Kier molecular flexibility index (Phi) is 1.78. The third kappa shape index (κ3) is 1.25. The maximum atomic E-state index is 8.82. The van der Waals surface area contributed by atoms with Crippen molar-refractivity contribution >= 4 is 0 Å². The molecule has 1 aliphatic rings. The van der Waals surface area contributed by atoms with Crippen molar-refractivity contribution in [2.75, 3.05) is 13.2 Å². The maximum absolute atomic E-state index is 8.82. The molecule has 1 N–H and O–H groups in total. The van der Waals surface area contributed by atoms with E-state index in [9.17, 15) is 0 Å². The molecule has 2 nitrogen and oxygen atoms in total. The van der Waals surface area contributed by atoms with Gasteiger partial charge in [0.2, 0.25) is 0 Å². The molecule has 0 saturated carbocycles. The average molecular weight is 130 g/mol. The van der Waals surface area contributed by atoms with Crippen LogP contribution in [0, 0.1) is 5.92 Å². The minimum atomic E-state index is -0.0885. The lowest BCUT2D eigenvalue weighted by molar-refractivity contribution is -0.00281. The minimum Gasteiger partial charge on any atom is -0.396 e. The summed E-state index contributed by atoms with van der Waals surface area (Å²) in [4.78, 5) is 0. The summed E-state index contributed by atoms with van der Waals surface area (Å²) < 4.78 is 5.38. The second kappa shape index (κ2) is 2.27. The summed E-state index contributed by atoms with van der Waals surface area (Å²) >= 11 is 0. The van der Waals surface area contributed by atoms with Crippen molar-refractivity contribution in [3.63, 3.8) is 0 Å². The van der Waals surface area contributed by atoms with Gasteiger partial charge in [0.1, 0.15) is 0 Å². The molecule has 0 aromatic carbocycles. The van der Waals surface area contributed by atoms with Gasteiger partial charge in [-0.1, -0.05) is 0 Å². The van der Waals surface area contributed by atoms with Crippen LogP contribution in [0.1, 0.15) is 20.3 Å². The molecule has 54 valence electrons. The van der Waals surface area contributed by atoms with Crippen LogP contribution < -0.4 is 0 Å². The van der Waals surface area contributed by atoms with Crippen LogP contribution >= 0.6 is 0 Å². The van der Waals surface area contributed by atoms with Gasteiger partial charge < -0.3 is 9.84 Å². The molecule has 0 aromatic heterocycles. The Morgan fingerprint density at radius 3 is 2.56 bits per heavy atom. The second-order valence-corrected chi connectivity index (χ2v) is 3.12. The summed E-state index contributed by atoms with van der Waals surface area (Å²) in [5, 5.41) is 8.82. The van der Waals surface area contributed by atoms with Gasteiger partial charge in [0.25, 0.3) is 0 Å². The molecule has 2 heteroatoms. The lowest BCUT2D eigenvalue weighted by Crippen LogP contribution is -2.29. The van der Waals surface area contributed by atoms with Gasteiger partial charge in [0.05, 0.1) is 5.60 Å². The van der Waals surface area contributed by atoms with Crippen LogP contribution in [0.15, 0.2) is 0 Å². The second-order valence-electron chi connectivity index (χ2n) is 3.12. The molecular weight excluding hydrogens is 116 g/mol. The predicted octanol–water partition coefficient (Wildman–Crippen LogP) is 0.794. The van der Waals surface area contributed by atoms with E-state index in [0.29, 0.717) is 5.92 Å². The van der Waals surface area contributed by atoms with Gasteiger partial charge in [-0.25, -0.2) is 0 Å². The number of ether oxygens (including phenoxy) is 1. The van der Waals surface area contributed by atoms with Crippen molar-refractivity contribution < 1.29 is 9.84 Å². The van der Waals surface area contributed by atoms with Crippen molar-refractivity contribution in [2.45, 2.75) is 25.9 Å². The SMILES string of the molecule is CC1(C)OCC[C@@H]1CO. The number of hydrogen-bond donors (Lipinski definition) is 1. The fraction of sp³-hybridized carbons (Fsp3) is 1.00. The van der Waals surface area contributed by atoms with E-state index in [-0.39, 0.29) is 12.2 Å². The molecule has 1 fully saturated rings. The van der Waals surface area contributed by atoms with Crippen LogP contribution in [0.3, 0.4) is 0 Å². The van der Waals surface area contributed by atoms with Crippen molar-refractivity contribution in [3.05, 3.63) is 0 Å². The molecule has 0 spiro atoms. The largest absolute Gasteiger partial charge is 0.396 e. The fourth-order valence-corrected chi connectivity index (χ4v) is 1.24. The smallest absolute Gasteiger partial charge is 0.0677 e.